The normalized spacial score (nSPS) is 17.6. The topological polar surface area (TPSA) is 92.6 Å². The number of amides is 1. The molecule has 0 bridgehead atoms. The van der Waals surface area contributed by atoms with Gasteiger partial charge in [-0.05, 0) is 58.4 Å². The fraction of sp³-hybridized carbons (Fsp3) is 0.312. The predicted molar refractivity (Wildman–Crippen MR) is 159 cm³/mol. The Bertz CT molecular complexity index is 1660. The van der Waals surface area contributed by atoms with Crippen molar-refractivity contribution in [2.75, 3.05) is 12.0 Å². The Hall–Kier alpha value is -4.04. The fourth-order valence-electron chi connectivity index (χ4n) is 4.83. The summed E-state index contributed by atoms with van der Waals surface area (Å²) in [6.45, 7) is 12.6. The number of aliphatic hydroxyl groups excluding tert-OH is 1. The average Bonchev–Trinajstić information content (AvgIpc) is 3.45. The number of hydrogen-bond donors (Lipinski definition) is 1. The van der Waals surface area contributed by atoms with Crippen molar-refractivity contribution in [2.24, 2.45) is 0 Å². The summed E-state index contributed by atoms with van der Waals surface area (Å²) in [6, 6.07) is 15.9. The van der Waals surface area contributed by atoms with Crippen molar-refractivity contribution in [3.05, 3.63) is 88.8 Å². The molecule has 1 N–H and O–H groups in total. The van der Waals surface area contributed by atoms with Crippen molar-refractivity contribution in [1.29, 1.82) is 0 Å². The van der Waals surface area contributed by atoms with Crippen LogP contribution in [0.1, 0.15) is 70.0 Å². The molecule has 2 aromatic carbocycles. The molecule has 8 heteroatoms. The number of ether oxygens (including phenoxy) is 1. The third-order valence-corrected chi connectivity index (χ3v) is 8.20. The number of rotatable bonds is 4. The van der Waals surface area contributed by atoms with Gasteiger partial charge in [-0.15, -0.1) is 0 Å². The number of Topliss-reactive ketones (excluding diaryl/α,β-unsaturated/α-hetero) is 1. The fourth-order valence-corrected chi connectivity index (χ4v) is 5.87. The van der Waals surface area contributed by atoms with Crippen molar-refractivity contribution in [3.63, 3.8) is 0 Å². The number of ketones is 1. The molecular weight excluding hydrogens is 522 g/mol. The van der Waals surface area contributed by atoms with Crippen LogP contribution in [0.2, 0.25) is 0 Å². The number of anilines is 1. The summed E-state index contributed by atoms with van der Waals surface area (Å²) >= 11 is 1.34. The summed E-state index contributed by atoms with van der Waals surface area (Å²) in [6.07, 6.45) is 1.60. The van der Waals surface area contributed by atoms with Gasteiger partial charge in [0.25, 0.3) is 5.78 Å². The molecule has 0 aliphatic carbocycles. The number of aromatic nitrogens is 2. The average molecular weight is 556 g/mol. The van der Waals surface area contributed by atoms with E-state index in [1.807, 2.05) is 24.3 Å². The van der Waals surface area contributed by atoms with E-state index in [0.29, 0.717) is 22.1 Å². The van der Waals surface area contributed by atoms with E-state index in [4.69, 9.17) is 9.72 Å². The first-order valence-electron chi connectivity index (χ1n) is 13.1. The monoisotopic (exact) mass is 555 g/mol. The summed E-state index contributed by atoms with van der Waals surface area (Å²) in [5.41, 5.74) is 3.27. The Morgan fingerprint density at radius 2 is 1.62 bits per heavy atom. The van der Waals surface area contributed by atoms with Crippen LogP contribution in [0.15, 0.2) is 66.4 Å². The molecule has 1 saturated heterocycles. The van der Waals surface area contributed by atoms with E-state index in [-0.39, 0.29) is 22.2 Å². The van der Waals surface area contributed by atoms with Crippen LogP contribution in [0, 0.1) is 0 Å². The Morgan fingerprint density at radius 3 is 2.25 bits per heavy atom. The molecule has 1 aliphatic rings. The lowest BCUT2D eigenvalue weighted by atomic mass is 9.85. The van der Waals surface area contributed by atoms with E-state index in [2.05, 4.69) is 52.6 Å². The maximum Gasteiger partial charge on any atom is 0.301 e. The molecule has 3 heterocycles. The molecule has 206 valence electrons. The van der Waals surface area contributed by atoms with Crippen molar-refractivity contribution in [1.82, 2.24) is 9.97 Å². The van der Waals surface area contributed by atoms with Gasteiger partial charge in [0.1, 0.15) is 17.6 Å². The lowest BCUT2D eigenvalue weighted by molar-refractivity contribution is -0.132. The minimum absolute atomic E-state index is 0.0531. The number of fused-ring (bicyclic) bond motifs is 1. The molecule has 1 fully saturated rings. The highest BCUT2D eigenvalue weighted by Gasteiger charge is 2.49. The Kier molecular flexibility index (Phi) is 6.78. The van der Waals surface area contributed by atoms with Crippen molar-refractivity contribution >= 4 is 44.1 Å². The molecule has 0 radical (unpaired) electrons. The molecule has 4 aromatic rings. The predicted octanol–water partition coefficient (Wildman–Crippen LogP) is 6.92. The zero-order valence-electron chi connectivity index (χ0n) is 23.8. The maximum atomic E-state index is 13.7. The van der Waals surface area contributed by atoms with Gasteiger partial charge in [0.15, 0.2) is 5.13 Å². The molecule has 5 rings (SSSR count). The van der Waals surface area contributed by atoms with Gasteiger partial charge < -0.3 is 9.84 Å². The van der Waals surface area contributed by atoms with Gasteiger partial charge in [0.2, 0.25) is 0 Å². The molecule has 1 amide bonds. The zero-order chi connectivity index (χ0) is 29.0. The summed E-state index contributed by atoms with van der Waals surface area (Å²) < 4.78 is 6.46. The number of carbonyl (C=O) groups is 2. The van der Waals surface area contributed by atoms with Crippen molar-refractivity contribution < 1.29 is 19.4 Å². The lowest BCUT2D eigenvalue weighted by Crippen LogP contribution is -2.29. The number of aliphatic hydroxyl groups is 1. The molecule has 1 atom stereocenters. The largest absolute Gasteiger partial charge is 0.507 e. The molecule has 40 heavy (non-hydrogen) atoms. The van der Waals surface area contributed by atoms with Gasteiger partial charge in [0.05, 0.1) is 34.2 Å². The van der Waals surface area contributed by atoms with E-state index >= 15 is 0 Å². The molecule has 7 nitrogen and oxygen atoms in total. The third kappa shape index (κ3) is 4.77. The van der Waals surface area contributed by atoms with Crippen LogP contribution in [0.5, 0.6) is 5.75 Å². The number of nitrogens with zero attached hydrogens (tertiary/aromatic N) is 3. The van der Waals surface area contributed by atoms with Crippen LogP contribution in [-0.2, 0) is 20.4 Å². The SMILES string of the molecule is COc1ccc(C(C)(C)C)cc1/C(O)=C1\C(=O)C(=O)N(c2nc3ccc(C(C)(C)C)cc3s2)C1c1ccccn1. The zero-order valence-corrected chi connectivity index (χ0v) is 24.6. The van der Waals surface area contributed by atoms with Crippen LogP contribution in [0.25, 0.3) is 16.0 Å². The highest BCUT2D eigenvalue weighted by molar-refractivity contribution is 7.22. The summed E-state index contributed by atoms with van der Waals surface area (Å²) in [5, 5.41) is 12.1. The van der Waals surface area contributed by atoms with Gasteiger partial charge in [-0.25, -0.2) is 4.98 Å². The molecular formula is C32H33N3O4S. The summed E-state index contributed by atoms with van der Waals surface area (Å²) in [7, 11) is 1.50. The van der Waals surface area contributed by atoms with E-state index in [0.717, 1.165) is 21.3 Å². The second-order valence-corrected chi connectivity index (χ2v) is 13.0. The van der Waals surface area contributed by atoms with Crippen LogP contribution >= 0.6 is 11.3 Å². The van der Waals surface area contributed by atoms with Gasteiger partial charge in [-0.3, -0.25) is 19.5 Å². The van der Waals surface area contributed by atoms with E-state index in [1.54, 1.807) is 30.5 Å². The molecule has 0 spiro atoms. The highest BCUT2D eigenvalue weighted by Crippen LogP contribution is 2.45. The van der Waals surface area contributed by atoms with Gasteiger partial charge in [0, 0.05) is 6.20 Å². The van der Waals surface area contributed by atoms with E-state index in [9.17, 15) is 14.7 Å². The Balaban J connectivity index is 1.73. The molecule has 1 aliphatic heterocycles. The number of benzene rings is 2. The Morgan fingerprint density at radius 1 is 0.950 bits per heavy atom. The number of hydrogen-bond acceptors (Lipinski definition) is 7. The minimum atomic E-state index is -0.966. The first-order valence-corrected chi connectivity index (χ1v) is 13.9. The standard InChI is InChI=1S/C32H33N3O4S/c1-31(2,3)18-12-14-23(39-7)20(16-18)27(36)25-26(22-10-8-9-15-33-22)35(29(38)28(25)37)30-34-21-13-11-19(32(4,5)6)17-24(21)40-30/h8-17,26,36H,1-7H3/b27-25+. The molecule has 2 aromatic heterocycles. The Labute approximate surface area is 238 Å². The number of methoxy groups -OCH3 is 1. The summed E-state index contributed by atoms with van der Waals surface area (Å²) in [4.78, 5) is 37.9. The first-order chi connectivity index (χ1) is 18.8. The minimum Gasteiger partial charge on any atom is -0.507 e. The smallest absolute Gasteiger partial charge is 0.301 e. The van der Waals surface area contributed by atoms with E-state index in [1.165, 1.54) is 23.3 Å². The van der Waals surface area contributed by atoms with Crippen LogP contribution < -0.4 is 9.64 Å². The first kappa shape index (κ1) is 27.5. The molecule has 0 saturated carbocycles. The quantitative estimate of drug-likeness (QED) is 0.167. The number of carbonyl (C=O) groups excluding carboxylic acids is 2. The third-order valence-electron chi connectivity index (χ3n) is 7.18. The van der Waals surface area contributed by atoms with Gasteiger partial charge in [-0.1, -0.05) is 71.1 Å². The van der Waals surface area contributed by atoms with E-state index < -0.39 is 17.7 Å². The number of pyridine rings is 1. The van der Waals surface area contributed by atoms with Crippen LogP contribution in [0.4, 0.5) is 5.13 Å². The lowest BCUT2D eigenvalue weighted by Gasteiger charge is -2.23. The van der Waals surface area contributed by atoms with Crippen molar-refractivity contribution in [3.8, 4) is 5.75 Å². The van der Waals surface area contributed by atoms with Crippen molar-refractivity contribution in [2.45, 2.75) is 58.4 Å². The summed E-state index contributed by atoms with van der Waals surface area (Å²) in [5.74, 6) is -1.48. The second-order valence-electron chi connectivity index (χ2n) is 12.0. The molecule has 1 unspecified atom stereocenters. The van der Waals surface area contributed by atoms with Gasteiger partial charge in [-0.2, -0.15) is 0 Å². The second kappa shape index (κ2) is 9.86. The van der Waals surface area contributed by atoms with Crippen LogP contribution in [0.3, 0.4) is 0 Å². The van der Waals surface area contributed by atoms with Gasteiger partial charge >= 0.3 is 5.91 Å². The highest BCUT2D eigenvalue weighted by atomic mass is 32.1. The van der Waals surface area contributed by atoms with Crippen LogP contribution in [-0.4, -0.2) is 33.9 Å². The number of thiazole rings is 1. The maximum absolute atomic E-state index is 13.7.